The van der Waals surface area contributed by atoms with Crippen molar-refractivity contribution in [2.75, 3.05) is 12.4 Å². The van der Waals surface area contributed by atoms with Crippen molar-refractivity contribution in [2.45, 2.75) is 37.4 Å². The highest BCUT2D eigenvalue weighted by Gasteiger charge is 2.27. The molecule has 0 aliphatic rings. The summed E-state index contributed by atoms with van der Waals surface area (Å²) in [6.07, 6.45) is -2.82. The Morgan fingerprint density at radius 3 is 2.33 bits per heavy atom. The van der Waals surface area contributed by atoms with E-state index in [2.05, 4.69) is 5.32 Å². The lowest BCUT2D eigenvalue weighted by Gasteiger charge is -2.18. The maximum Gasteiger partial charge on any atom is 0.335 e. The molecule has 0 radical (unpaired) electrons. The molecule has 9 nitrogen and oxygen atoms in total. The van der Waals surface area contributed by atoms with E-state index < -0.39 is 51.3 Å². The van der Waals surface area contributed by atoms with Crippen LogP contribution in [0.25, 0.3) is 10.8 Å². The molecule has 2 aromatic carbocycles. The molecule has 0 aliphatic carbocycles. The number of carbonyl (C=O) groups excluding carboxylic acids is 3. The van der Waals surface area contributed by atoms with Crippen LogP contribution in [0.4, 0.5) is 10.4 Å². The Hall–Kier alpha value is -2.89. The lowest BCUT2D eigenvalue weighted by Crippen LogP contribution is -2.34. The van der Waals surface area contributed by atoms with Crippen molar-refractivity contribution in [3.63, 3.8) is 0 Å². The molecule has 0 saturated carbocycles. The van der Waals surface area contributed by atoms with Crippen molar-refractivity contribution in [1.29, 1.82) is 0 Å². The Labute approximate surface area is 172 Å². The van der Waals surface area contributed by atoms with Gasteiger partial charge < -0.3 is 14.8 Å². The van der Waals surface area contributed by atoms with Gasteiger partial charge in [-0.05, 0) is 25.3 Å². The van der Waals surface area contributed by atoms with Gasteiger partial charge in [-0.15, -0.1) is 0 Å². The Morgan fingerprint density at radius 2 is 1.77 bits per heavy atom. The van der Waals surface area contributed by atoms with E-state index in [1.54, 1.807) is 24.3 Å². The Bertz CT molecular complexity index is 1050. The quantitative estimate of drug-likeness (QED) is 0.468. The van der Waals surface area contributed by atoms with Crippen molar-refractivity contribution < 1.29 is 41.5 Å². The normalized spacial score (nSPS) is 13.1. The molecule has 0 aliphatic heterocycles. The van der Waals surface area contributed by atoms with Crippen LogP contribution in [0.2, 0.25) is 0 Å². The second kappa shape index (κ2) is 10.2. The van der Waals surface area contributed by atoms with Gasteiger partial charge in [-0.25, -0.2) is 4.79 Å². The molecule has 0 aromatic heterocycles. The van der Waals surface area contributed by atoms with E-state index in [0.29, 0.717) is 5.39 Å². The molecule has 0 heterocycles. The van der Waals surface area contributed by atoms with Crippen molar-refractivity contribution in [2.24, 2.45) is 0 Å². The maximum absolute atomic E-state index is 12.4. The summed E-state index contributed by atoms with van der Waals surface area (Å²) in [5.41, 5.74) is -0.157. The summed E-state index contributed by atoms with van der Waals surface area (Å²) < 4.78 is 43.2. The van der Waals surface area contributed by atoms with Crippen LogP contribution in [0.1, 0.15) is 20.3 Å². The molecule has 2 unspecified atom stereocenters. The van der Waals surface area contributed by atoms with Crippen molar-refractivity contribution >= 4 is 44.2 Å². The molecule has 0 bridgehead atoms. The molecule has 2 rings (SSSR count). The minimum absolute atomic E-state index is 0. The van der Waals surface area contributed by atoms with Gasteiger partial charge in [0.2, 0.25) is 5.91 Å². The van der Waals surface area contributed by atoms with Crippen molar-refractivity contribution in [1.82, 2.24) is 0 Å². The number of benzene rings is 2. The van der Waals surface area contributed by atoms with Crippen LogP contribution < -0.4 is 5.32 Å². The summed E-state index contributed by atoms with van der Waals surface area (Å²) in [4.78, 5) is 35.5. The average Bonchev–Trinajstić information content (AvgIpc) is 2.65. The largest absolute Gasteiger partial charge is 0.452 e. The number of ketones is 1. The molecule has 2 N–H and O–H groups in total. The Balaban J connectivity index is 0.00000450. The second-order valence-corrected chi connectivity index (χ2v) is 7.66. The zero-order valence-electron chi connectivity index (χ0n) is 16.4. The standard InChI is InChI=1S/C19H21NO8S.FH/c1-11(21)16(28-19(23)12(2)27-3)10-17(22)20-15-9-8-13-6-4-5-7-14(13)18(15)29(24,25)26;/h4-9,12,16H,10H2,1-3H3,(H,20,22)(H,24,25,26);1H. The van der Waals surface area contributed by atoms with Gasteiger partial charge in [0.25, 0.3) is 10.1 Å². The summed E-state index contributed by atoms with van der Waals surface area (Å²) in [7, 11) is -3.38. The molecule has 1 amide bonds. The third kappa shape index (κ3) is 6.05. The number of hydrogen-bond donors (Lipinski definition) is 2. The van der Waals surface area contributed by atoms with Crippen LogP contribution >= 0.6 is 0 Å². The fourth-order valence-electron chi connectivity index (χ4n) is 2.59. The molecule has 0 fully saturated rings. The van der Waals surface area contributed by atoms with Crippen LogP contribution in [0.5, 0.6) is 0 Å². The molecule has 0 saturated heterocycles. The summed E-state index contributed by atoms with van der Waals surface area (Å²) in [6.45, 7) is 2.58. The number of carbonyl (C=O) groups is 3. The molecule has 11 heteroatoms. The van der Waals surface area contributed by atoms with E-state index in [1.165, 1.54) is 26.2 Å². The fourth-order valence-corrected chi connectivity index (χ4v) is 3.45. The summed E-state index contributed by atoms with van der Waals surface area (Å²) >= 11 is 0. The number of nitrogens with one attached hydrogen (secondary N) is 1. The summed E-state index contributed by atoms with van der Waals surface area (Å²) in [6, 6.07) is 9.32. The van der Waals surface area contributed by atoms with Gasteiger partial charge in [-0.3, -0.25) is 18.8 Å². The molecule has 164 valence electrons. The molecular formula is C19H22FNO8S. The lowest BCUT2D eigenvalue weighted by molar-refractivity contribution is -0.164. The lowest BCUT2D eigenvalue weighted by atomic mass is 10.1. The van der Waals surface area contributed by atoms with Crippen molar-refractivity contribution in [3.8, 4) is 0 Å². The van der Waals surface area contributed by atoms with Crippen LogP contribution in [-0.2, 0) is 34.0 Å². The number of rotatable bonds is 8. The SMILES string of the molecule is COC(C)C(=O)OC(CC(=O)Nc1ccc2ccccc2c1S(=O)(=O)O)C(C)=O.F. The Kier molecular flexibility index (Phi) is 8.58. The summed E-state index contributed by atoms with van der Waals surface area (Å²) in [5, 5.41) is 3.12. The van der Waals surface area contributed by atoms with Crippen LogP contribution in [-0.4, -0.2) is 49.9 Å². The van der Waals surface area contributed by atoms with E-state index in [-0.39, 0.29) is 15.8 Å². The first kappa shape index (κ1) is 25.1. The first-order chi connectivity index (χ1) is 13.5. The van der Waals surface area contributed by atoms with Gasteiger partial charge in [-0.1, -0.05) is 30.3 Å². The first-order valence-corrected chi connectivity index (χ1v) is 10.0. The highest BCUT2D eigenvalue weighted by atomic mass is 32.2. The van der Waals surface area contributed by atoms with E-state index in [1.807, 2.05) is 0 Å². The van der Waals surface area contributed by atoms with Crippen LogP contribution in [0.3, 0.4) is 0 Å². The number of fused-ring (bicyclic) bond motifs is 1. The Morgan fingerprint density at radius 1 is 1.13 bits per heavy atom. The number of halogens is 1. The predicted octanol–water partition coefficient (Wildman–Crippen LogP) is 2.10. The monoisotopic (exact) mass is 443 g/mol. The zero-order chi connectivity index (χ0) is 21.8. The third-order valence-corrected chi connectivity index (χ3v) is 5.14. The van der Waals surface area contributed by atoms with Gasteiger partial charge in [0.1, 0.15) is 4.90 Å². The predicted molar refractivity (Wildman–Crippen MR) is 107 cm³/mol. The third-order valence-electron chi connectivity index (χ3n) is 4.18. The minimum atomic E-state index is -4.67. The van der Waals surface area contributed by atoms with Crippen LogP contribution in [0, 0.1) is 0 Å². The van der Waals surface area contributed by atoms with E-state index in [4.69, 9.17) is 9.47 Å². The minimum Gasteiger partial charge on any atom is -0.452 e. The smallest absolute Gasteiger partial charge is 0.335 e. The number of ether oxygens (including phenoxy) is 2. The van der Waals surface area contributed by atoms with Gasteiger partial charge in [0.15, 0.2) is 18.0 Å². The highest BCUT2D eigenvalue weighted by Crippen LogP contribution is 2.30. The van der Waals surface area contributed by atoms with E-state index in [9.17, 15) is 27.4 Å². The zero-order valence-corrected chi connectivity index (χ0v) is 17.3. The van der Waals surface area contributed by atoms with Gasteiger partial charge in [-0.2, -0.15) is 8.42 Å². The maximum atomic E-state index is 12.4. The van der Waals surface area contributed by atoms with Gasteiger partial charge >= 0.3 is 5.97 Å². The number of hydrogen-bond acceptors (Lipinski definition) is 7. The van der Waals surface area contributed by atoms with Gasteiger partial charge in [0, 0.05) is 12.5 Å². The summed E-state index contributed by atoms with van der Waals surface area (Å²) in [5.74, 6) is -2.15. The van der Waals surface area contributed by atoms with Gasteiger partial charge in [0.05, 0.1) is 12.1 Å². The number of methoxy groups -OCH3 is 1. The first-order valence-electron chi connectivity index (χ1n) is 8.57. The number of Topliss-reactive ketones (excluding diaryl/α,β-unsaturated/α-hetero) is 1. The molecular weight excluding hydrogens is 421 g/mol. The van der Waals surface area contributed by atoms with Crippen molar-refractivity contribution in [3.05, 3.63) is 36.4 Å². The second-order valence-electron chi connectivity index (χ2n) is 6.30. The molecule has 2 aromatic rings. The molecule has 2 atom stereocenters. The van der Waals surface area contributed by atoms with E-state index >= 15 is 0 Å². The van der Waals surface area contributed by atoms with Crippen LogP contribution in [0.15, 0.2) is 41.3 Å². The van der Waals surface area contributed by atoms with E-state index in [0.717, 1.165) is 6.92 Å². The number of amides is 1. The topological polar surface area (TPSA) is 136 Å². The molecule has 0 spiro atoms. The average molecular weight is 443 g/mol. The fraction of sp³-hybridized carbons (Fsp3) is 0.316. The number of esters is 1. The number of anilines is 1. The highest BCUT2D eigenvalue weighted by molar-refractivity contribution is 7.86. The molecule has 30 heavy (non-hydrogen) atoms.